The fraction of sp³-hybridized carbons (Fsp3) is 0.0714. The summed E-state index contributed by atoms with van der Waals surface area (Å²) in [5.41, 5.74) is 3.00. The molecule has 0 saturated carbocycles. The Kier molecular flexibility index (Phi) is 2.38. The monoisotopic (exact) mass is 195 g/mol. The highest BCUT2D eigenvalue weighted by atomic mass is 14.7. The first-order chi connectivity index (χ1) is 7.27. The van der Waals surface area contributed by atoms with Gasteiger partial charge in [0.05, 0.1) is 5.69 Å². The molecule has 0 unspecified atom stereocenters. The lowest BCUT2D eigenvalue weighted by molar-refractivity contribution is 1.21. The molecular weight excluding hydrogens is 182 g/mol. The second-order valence-corrected chi connectivity index (χ2v) is 3.45. The summed E-state index contributed by atoms with van der Waals surface area (Å²) in [6, 6.07) is 8.23. The molecule has 0 radical (unpaired) electrons. The van der Waals surface area contributed by atoms with Crippen molar-refractivity contribution in [1.29, 1.82) is 0 Å². The minimum absolute atomic E-state index is 0.904. The lowest BCUT2D eigenvalue weighted by Crippen LogP contribution is -1.93. The van der Waals surface area contributed by atoms with Gasteiger partial charge in [-0.3, -0.25) is 4.98 Å². The number of benzene rings is 1. The Morgan fingerprint density at radius 1 is 1.07 bits per heavy atom. The summed E-state index contributed by atoms with van der Waals surface area (Å²) in [6.07, 6.45) is 3.61. The molecule has 0 bridgehead atoms. The lowest BCUT2D eigenvalue weighted by atomic mass is 10.0. The number of fused-ring (bicyclic) bond motifs is 1. The minimum atomic E-state index is 0.904. The Bertz CT molecular complexity index is 538. The Labute approximate surface area is 89.8 Å². The van der Waals surface area contributed by atoms with Crippen LogP contribution in [0.2, 0.25) is 0 Å². The third-order valence-electron chi connectivity index (χ3n) is 2.57. The zero-order valence-electron chi connectivity index (χ0n) is 8.83. The molecule has 1 nitrogen and oxygen atoms in total. The summed E-state index contributed by atoms with van der Waals surface area (Å²) in [4.78, 5) is 4.50. The van der Waals surface area contributed by atoms with Gasteiger partial charge in [0.2, 0.25) is 0 Å². The van der Waals surface area contributed by atoms with Crippen LogP contribution in [0.4, 0.5) is 0 Å². The lowest BCUT2D eigenvalue weighted by Gasteiger charge is -2.08. The second-order valence-electron chi connectivity index (χ2n) is 3.45. The Morgan fingerprint density at radius 3 is 2.33 bits per heavy atom. The molecule has 0 aliphatic carbocycles. The van der Waals surface area contributed by atoms with Crippen molar-refractivity contribution in [3.63, 3.8) is 0 Å². The van der Waals surface area contributed by atoms with Gasteiger partial charge in [-0.05, 0) is 18.4 Å². The SMILES string of the molecule is C=Cc1nc(C)c2ccccc2c1C=C. The van der Waals surface area contributed by atoms with E-state index in [1.54, 1.807) is 6.08 Å². The van der Waals surface area contributed by atoms with Crippen molar-refractivity contribution in [2.75, 3.05) is 0 Å². The molecule has 1 aromatic heterocycles. The Balaban J connectivity index is 2.97. The number of pyridine rings is 1. The fourth-order valence-corrected chi connectivity index (χ4v) is 1.84. The quantitative estimate of drug-likeness (QED) is 0.709. The topological polar surface area (TPSA) is 12.9 Å². The number of rotatable bonds is 2. The molecule has 1 heteroatoms. The normalized spacial score (nSPS) is 10.2. The summed E-state index contributed by atoms with van der Waals surface area (Å²) in [7, 11) is 0. The Hall–Kier alpha value is -1.89. The van der Waals surface area contributed by atoms with Crippen LogP contribution in [-0.4, -0.2) is 4.98 Å². The standard InChI is InChI=1S/C14H13N/c1-4-11-13-9-7-6-8-12(13)10(3)15-14(11)5-2/h4-9H,1-2H2,3H3. The molecule has 1 aromatic carbocycles. The van der Waals surface area contributed by atoms with Crippen LogP contribution >= 0.6 is 0 Å². The minimum Gasteiger partial charge on any atom is -0.252 e. The number of nitrogens with zero attached hydrogens (tertiary/aromatic N) is 1. The molecule has 0 aliphatic rings. The van der Waals surface area contributed by atoms with Gasteiger partial charge in [-0.15, -0.1) is 0 Å². The predicted molar refractivity (Wildman–Crippen MR) is 66.7 cm³/mol. The molecule has 2 aromatic rings. The van der Waals surface area contributed by atoms with Gasteiger partial charge in [-0.2, -0.15) is 0 Å². The average Bonchev–Trinajstić information content (AvgIpc) is 2.29. The van der Waals surface area contributed by atoms with E-state index in [4.69, 9.17) is 0 Å². The van der Waals surface area contributed by atoms with E-state index in [-0.39, 0.29) is 0 Å². The average molecular weight is 195 g/mol. The highest BCUT2D eigenvalue weighted by molar-refractivity contribution is 5.94. The van der Waals surface area contributed by atoms with Crippen LogP contribution in [-0.2, 0) is 0 Å². The van der Waals surface area contributed by atoms with E-state index >= 15 is 0 Å². The van der Waals surface area contributed by atoms with Crippen LogP contribution in [0, 0.1) is 6.92 Å². The molecule has 74 valence electrons. The Morgan fingerprint density at radius 2 is 1.73 bits per heavy atom. The molecule has 2 rings (SSSR count). The van der Waals surface area contributed by atoms with Gasteiger partial charge >= 0.3 is 0 Å². The van der Waals surface area contributed by atoms with Crippen molar-refractivity contribution in [2.45, 2.75) is 6.92 Å². The smallest absolute Gasteiger partial charge is 0.0705 e. The zero-order chi connectivity index (χ0) is 10.8. The van der Waals surface area contributed by atoms with E-state index in [9.17, 15) is 0 Å². The maximum atomic E-state index is 4.50. The summed E-state index contributed by atoms with van der Waals surface area (Å²) in [6.45, 7) is 9.62. The maximum Gasteiger partial charge on any atom is 0.0705 e. The summed E-state index contributed by atoms with van der Waals surface area (Å²) in [5.74, 6) is 0. The van der Waals surface area contributed by atoms with Gasteiger partial charge in [-0.1, -0.05) is 43.5 Å². The van der Waals surface area contributed by atoms with Crippen LogP contribution < -0.4 is 0 Å². The van der Waals surface area contributed by atoms with Crippen LogP contribution in [0.15, 0.2) is 37.4 Å². The molecule has 15 heavy (non-hydrogen) atoms. The first-order valence-electron chi connectivity index (χ1n) is 4.92. The van der Waals surface area contributed by atoms with Gasteiger partial charge in [-0.25, -0.2) is 0 Å². The second kappa shape index (κ2) is 3.70. The van der Waals surface area contributed by atoms with Crippen molar-refractivity contribution in [2.24, 2.45) is 0 Å². The summed E-state index contributed by atoms with van der Waals surface area (Å²) < 4.78 is 0. The summed E-state index contributed by atoms with van der Waals surface area (Å²) >= 11 is 0. The van der Waals surface area contributed by atoms with Gasteiger partial charge in [0.15, 0.2) is 0 Å². The van der Waals surface area contributed by atoms with Gasteiger partial charge in [0, 0.05) is 16.6 Å². The predicted octanol–water partition coefficient (Wildman–Crippen LogP) is 3.83. The number of aromatic nitrogens is 1. The number of aryl methyl sites for hydroxylation is 1. The largest absolute Gasteiger partial charge is 0.252 e. The van der Waals surface area contributed by atoms with E-state index in [1.807, 2.05) is 25.1 Å². The van der Waals surface area contributed by atoms with Crippen molar-refractivity contribution in [3.8, 4) is 0 Å². The first kappa shape index (κ1) is 9.66. The van der Waals surface area contributed by atoms with Gasteiger partial charge in [0.1, 0.15) is 0 Å². The molecule has 1 heterocycles. The van der Waals surface area contributed by atoms with Gasteiger partial charge in [0.25, 0.3) is 0 Å². The highest BCUT2D eigenvalue weighted by Crippen LogP contribution is 2.24. The van der Waals surface area contributed by atoms with Crippen LogP contribution in [0.1, 0.15) is 17.0 Å². The third-order valence-corrected chi connectivity index (χ3v) is 2.57. The van der Waals surface area contributed by atoms with Gasteiger partial charge < -0.3 is 0 Å². The molecule has 0 spiro atoms. The van der Waals surface area contributed by atoms with Crippen LogP contribution in [0.3, 0.4) is 0 Å². The van der Waals surface area contributed by atoms with Crippen LogP contribution in [0.25, 0.3) is 22.9 Å². The van der Waals surface area contributed by atoms with Crippen molar-refractivity contribution in [3.05, 3.63) is 54.4 Å². The van der Waals surface area contributed by atoms with Crippen molar-refractivity contribution >= 4 is 22.9 Å². The van der Waals surface area contributed by atoms with E-state index in [2.05, 4.69) is 30.3 Å². The molecule has 0 N–H and O–H groups in total. The molecular formula is C14H13N. The first-order valence-corrected chi connectivity index (χ1v) is 4.92. The van der Waals surface area contributed by atoms with E-state index in [1.165, 1.54) is 10.8 Å². The highest BCUT2D eigenvalue weighted by Gasteiger charge is 2.06. The summed E-state index contributed by atoms with van der Waals surface area (Å²) in [5, 5.41) is 2.37. The van der Waals surface area contributed by atoms with E-state index < -0.39 is 0 Å². The van der Waals surface area contributed by atoms with E-state index in [0.29, 0.717) is 0 Å². The number of hydrogen-bond acceptors (Lipinski definition) is 1. The molecule has 0 amide bonds. The zero-order valence-corrected chi connectivity index (χ0v) is 8.83. The van der Waals surface area contributed by atoms with E-state index in [0.717, 1.165) is 17.0 Å². The molecule has 0 aliphatic heterocycles. The van der Waals surface area contributed by atoms with Crippen LogP contribution in [0.5, 0.6) is 0 Å². The fourth-order valence-electron chi connectivity index (χ4n) is 1.84. The van der Waals surface area contributed by atoms with Crippen molar-refractivity contribution in [1.82, 2.24) is 4.98 Å². The molecule has 0 atom stereocenters. The number of hydrogen-bond donors (Lipinski definition) is 0. The van der Waals surface area contributed by atoms with Crippen molar-refractivity contribution < 1.29 is 0 Å². The molecule has 0 fully saturated rings. The maximum absolute atomic E-state index is 4.50. The molecule has 0 saturated heterocycles. The third kappa shape index (κ3) is 1.46.